The number of nitrogens with one attached hydrogen (secondary N) is 1. The summed E-state index contributed by atoms with van der Waals surface area (Å²) in [7, 11) is 0. The number of anilines is 2. The minimum atomic E-state index is -0.466. The van der Waals surface area contributed by atoms with E-state index >= 15 is 0 Å². The van der Waals surface area contributed by atoms with Crippen molar-refractivity contribution in [3.8, 4) is 0 Å². The van der Waals surface area contributed by atoms with E-state index < -0.39 is 5.91 Å². The van der Waals surface area contributed by atoms with E-state index in [1.54, 1.807) is 28.5 Å². The van der Waals surface area contributed by atoms with Crippen LogP contribution >= 0.6 is 11.3 Å². The van der Waals surface area contributed by atoms with Gasteiger partial charge in [-0.2, -0.15) is 0 Å². The van der Waals surface area contributed by atoms with E-state index in [-0.39, 0.29) is 18.2 Å². The molecule has 0 saturated heterocycles. The summed E-state index contributed by atoms with van der Waals surface area (Å²) in [5.74, 6) is -0.749. The highest BCUT2D eigenvalue weighted by Gasteiger charge is 2.23. The average molecular weight is 344 g/mol. The molecule has 0 aliphatic carbocycles. The summed E-state index contributed by atoms with van der Waals surface area (Å²) < 4.78 is 0. The Morgan fingerprint density at radius 2 is 2.17 bits per heavy atom. The van der Waals surface area contributed by atoms with E-state index in [0.717, 1.165) is 17.7 Å². The van der Waals surface area contributed by atoms with Crippen molar-refractivity contribution in [3.63, 3.8) is 0 Å². The Balaban J connectivity index is 1.73. The summed E-state index contributed by atoms with van der Waals surface area (Å²) in [5, 5.41) is 4.82. The van der Waals surface area contributed by atoms with E-state index in [4.69, 9.17) is 5.73 Å². The second-order valence-electron chi connectivity index (χ2n) is 5.51. The van der Waals surface area contributed by atoms with E-state index in [1.807, 2.05) is 0 Å². The Morgan fingerprint density at radius 3 is 2.88 bits per heavy atom. The van der Waals surface area contributed by atoms with Crippen LogP contribution in [0, 0.1) is 0 Å². The van der Waals surface area contributed by atoms with Gasteiger partial charge in [-0.3, -0.25) is 19.7 Å². The van der Waals surface area contributed by atoms with Gasteiger partial charge in [0.1, 0.15) is 0 Å². The number of nitrogens with two attached hydrogens (primary N) is 1. The highest BCUT2D eigenvalue weighted by Crippen LogP contribution is 2.29. The summed E-state index contributed by atoms with van der Waals surface area (Å²) in [6.45, 7) is 2.17. The van der Waals surface area contributed by atoms with Gasteiger partial charge in [-0.1, -0.05) is 0 Å². The molecule has 1 aliphatic heterocycles. The Kier molecular flexibility index (Phi) is 4.30. The second-order valence-corrected chi connectivity index (χ2v) is 6.36. The summed E-state index contributed by atoms with van der Waals surface area (Å²) in [5.41, 5.74) is 8.00. The van der Waals surface area contributed by atoms with Crippen molar-refractivity contribution in [2.45, 2.75) is 19.8 Å². The highest BCUT2D eigenvalue weighted by molar-refractivity contribution is 7.14. The number of aromatic nitrogens is 1. The van der Waals surface area contributed by atoms with Crippen LogP contribution in [-0.2, 0) is 22.4 Å². The number of benzene rings is 1. The number of amides is 3. The fraction of sp³-hybridized carbons (Fsp3) is 0.250. The summed E-state index contributed by atoms with van der Waals surface area (Å²) >= 11 is 1.24. The van der Waals surface area contributed by atoms with Gasteiger partial charge < -0.3 is 10.6 Å². The maximum Gasteiger partial charge on any atom is 0.257 e. The van der Waals surface area contributed by atoms with Crippen LogP contribution in [0.2, 0.25) is 0 Å². The largest absolute Gasteiger partial charge is 0.369 e. The molecule has 0 unspecified atom stereocenters. The third kappa shape index (κ3) is 3.28. The lowest BCUT2D eigenvalue weighted by atomic mass is 10.1. The highest BCUT2D eigenvalue weighted by atomic mass is 32.1. The molecule has 0 spiro atoms. The molecule has 1 aromatic carbocycles. The quantitative estimate of drug-likeness (QED) is 0.873. The molecule has 1 aliphatic rings. The molecule has 24 heavy (non-hydrogen) atoms. The summed E-state index contributed by atoms with van der Waals surface area (Å²) in [6.07, 6.45) is 0.780. The minimum Gasteiger partial charge on any atom is -0.369 e. The zero-order valence-corrected chi connectivity index (χ0v) is 13.9. The van der Waals surface area contributed by atoms with Crippen LogP contribution in [-0.4, -0.2) is 29.3 Å². The van der Waals surface area contributed by atoms with E-state index in [0.29, 0.717) is 22.9 Å². The van der Waals surface area contributed by atoms with Gasteiger partial charge in [0.05, 0.1) is 12.1 Å². The predicted molar refractivity (Wildman–Crippen MR) is 91.1 cm³/mol. The second kappa shape index (κ2) is 6.40. The van der Waals surface area contributed by atoms with Crippen LogP contribution in [0.25, 0.3) is 0 Å². The molecule has 0 atom stereocenters. The van der Waals surface area contributed by atoms with Crippen LogP contribution in [0.5, 0.6) is 0 Å². The number of carbonyl (C=O) groups is 3. The summed E-state index contributed by atoms with van der Waals surface area (Å²) in [4.78, 5) is 40.6. The molecular formula is C16H16N4O3S. The molecule has 0 bridgehead atoms. The van der Waals surface area contributed by atoms with Crippen molar-refractivity contribution < 1.29 is 14.4 Å². The van der Waals surface area contributed by atoms with Crippen molar-refractivity contribution in [1.29, 1.82) is 0 Å². The molecule has 3 rings (SSSR count). The fourth-order valence-electron chi connectivity index (χ4n) is 2.66. The molecule has 2 heterocycles. The van der Waals surface area contributed by atoms with Crippen molar-refractivity contribution in [2.24, 2.45) is 5.73 Å². The molecule has 0 radical (unpaired) electrons. The molecule has 3 amide bonds. The average Bonchev–Trinajstić information content (AvgIpc) is 3.12. The first-order chi connectivity index (χ1) is 11.4. The van der Waals surface area contributed by atoms with Crippen LogP contribution in [0.3, 0.4) is 0 Å². The molecule has 124 valence electrons. The van der Waals surface area contributed by atoms with Crippen molar-refractivity contribution >= 4 is 39.9 Å². The van der Waals surface area contributed by atoms with Crippen LogP contribution < -0.4 is 16.0 Å². The SMILES string of the molecule is CC(=O)N1CCc2cc(C(=O)Nc3nc(CC(N)=O)cs3)ccc21. The molecule has 0 fully saturated rings. The molecule has 1 aromatic heterocycles. The fourth-order valence-corrected chi connectivity index (χ4v) is 3.37. The smallest absolute Gasteiger partial charge is 0.257 e. The number of thiazole rings is 1. The lowest BCUT2D eigenvalue weighted by Crippen LogP contribution is -2.25. The molecular weight excluding hydrogens is 328 g/mol. The molecule has 0 saturated carbocycles. The van der Waals surface area contributed by atoms with Crippen molar-refractivity contribution in [1.82, 2.24) is 4.98 Å². The number of nitrogens with zero attached hydrogens (tertiary/aromatic N) is 2. The van der Waals surface area contributed by atoms with Crippen LogP contribution in [0.15, 0.2) is 23.6 Å². The Labute approximate surface area is 142 Å². The van der Waals surface area contributed by atoms with Crippen molar-refractivity contribution in [3.05, 3.63) is 40.4 Å². The molecule has 2 aromatic rings. The van der Waals surface area contributed by atoms with Gasteiger partial charge in [0, 0.05) is 30.1 Å². The Morgan fingerprint density at radius 1 is 1.38 bits per heavy atom. The number of hydrogen-bond donors (Lipinski definition) is 2. The predicted octanol–water partition coefficient (Wildman–Crippen LogP) is 1.33. The number of hydrogen-bond acceptors (Lipinski definition) is 5. The van der Waals surface area contributed by atoms with Crippen LogP contribution in [0.4, 0.5) is 10.8 Å². The summed E-state index contributed by atoms with van der Waals surface area (Å²) in [6, 6.07) is 5.28. The van der Waals surface area contributed by atoms with Crippen molar-refractivity contribution in [2.75, 3.05) is 16.8 Å². The van der Waals surface area contributed by atoms with Gasteiger partial charge in [-0.25, -0.2) is 4.98 Å². The first-order valence-electron chi connectivity index (χ1n) is 7.39. The number of carbonyl (C=O) groups excluding carboxylic acids is 3. The zero-order valence-electron chi connectivity index (χ0n) is 13.0. The Bertz CT molecular complexity index is 830. The van der Waals surface area contributed by atoms with Gasteiger partial charge in [-0.15, -0.1) is 11.3 Å². The number of primary amides is 1. The molecule has 8 heteroatoms. The lowest BCUT2D eigenvalue weighted by Gasteiger charge is -2.14. The normalized spacial score (nSPS) is 12.8. The van der Waals surface area contributed by atoms with E-state index in [9.17, 15) is 14.4 Å². The number of fused-ring (bicyclic) bond motifs is 1. The standard InChI is InChI=1S/C16H16N4O3S/c1-9(21)20-5-4-10-6-11(2-3-13(10)20)15(23)19-16-18-12(8-24-16)7-14(17)22/h2-3,6,8H,4-5,7H2,1H3,(H2,17,22)(H,18,19,23). The third-order valence-electron chi connectivity index (χ3n) is 3.74. The van der Waals surface area contributed by atoms with E-state index in [1.165, 1.54) is 18.3 Å². The van der Waals surface area contributed by atoms with Gasteiger partial charge in [0.2, 0.25) is 11.8 Å². The molecule has 7 nitrogen and oxygen atoms in total. The van der Waals surface area contributed by atoms with Crippen LogP contribution in [0.1, 0.15) is 28.5 Å². The first-order valence-corrected chi connectivity index (χ1v) is 8.27. The van der Waals surface area contributed by atoms with Gasteiger partial charge >= 0.3 is 0 Å². The first kappa shape index (κ1) is 16.1. The van der Waals surface area contributed by atoms with Gasteiger partial charge in [0.25, 0.3) is 5.91 Å². The topological polar surface area (TPSA) is 105 Å². The third-order valence-corrected chi connectivity index (χ3v) is 4.55. The van der Waals surface area contributed by atoms with Gasteiger partial charge in [-0.05, 0) is 30.2 Å². The number of rotatable bonds is 4. The van der Waals surface area contributed by atoms with Gasteiger partial charge in [0.15, 0.2) is 5.13 Å². The minimum absolute atomic E-state index is 0.00397. The molecule has 3 N–H and O–H groups in total. The monoisotopic (exact) mass is 344 g/mol. The maximum absolute atomic E-state index is 12.3. The Hall–Kier alpha value is -2.74. The lowest BCUT2D eigenvalue weighted by molar-refractivity contribution is -0.117. The maximum atomic E-state index is 12.3. The van der Waals surface area contributed by atoms with E-state index in [2.05, 4.69) is 10.3 Å². The zero-order chi connectivity index (χ0) is 17.3.